The van der Waals surface area contributed by atoms with E-state index in [1.54, 1.807) is 12.3 Å². The maximum Gasteiger partial charge on any atom is 0.173 e. The van der Waals surface area contributed by atoms with Crippen molar-refractivity contribution in [1.82, 2.24) is 15.2 Å². The normalized spacial score (nSPS) is 8.50. The molecule has 8 heavy (non-hydrogen) atoms. The minimum atomic E-state index is 0.563. The number of rotatable bonds is 1. The summed E-state index contributed by atoms with van der Waals surface area (Å²) < 4.78 is 0. The maximum atomic E-state index is 3.81. The molecule has 0 bridgehead atoms. The summed E-state index contributed by atoms with van der Waals surface area (Å²) in [5, 5.41) is 7.19. The summed E-state index contributed by atoms with van der Waals surface area (Å²) in [6.45, 7) is 3.47. The van der Waals surface area contributed by atoms with Crippen LogP contribution in [0.5, 0.6) is 0 Å². The van der Waals surface area contributed by atoms with Crippen LogP contribution < -0.4 is 0 Å². The van der Waals surface area contributed by atoms with Gasteiger partial charge in [-0.25, -0.2) is 4.98 Å². The first-order valence-electron chi connectivity index (χ1n) is 2.19. The Labute approximate surface area is 47.1 Å². The van der Waals surface area contributed by atoms with Gasteiger partial charge in [0.2, 0.25) is 0 Å². The van der Waals surface area contributed by atoms with E-state index in [9.17, 15) is 0 Å². The molecule has 0 fully saturated rings. The minimum Gasteiger partial charge on any atom is -0.234 e. The van der Waals surface area contributed by atoms with E-state index >= 15 is 0 Å². The highest BCUT2D eigenvalue weighted by molar-refractivity contribution is 5.33. The molecule has 0 aliphatic heterocycles. The van der Waals surface area contributed by atoms with Gasteiger partial charge in [-0.05, 0) is 6.08 Å². The maximum absolute atomic E-state index is 3.81. The van der Waals surface area contributed by atoms with Crippen LogP contribution in [0.15, 0.2) is 19.0 Å². The molecule has 0 N–H and O–H groups in total. The third-order valence-electron chi connectivity index (χ3n) is 0.683. The quantitative estimate of drug-likeness (QED) is 0.525. The van der Waals surface area contributed by atoms with E-state index in [4.69, 9.17) is 0 Å². The third-order valence-corrected chi connectivity index (χ3v) is 0.683. The van der Waals surface area contributed by atoms with Gasteiger partial charge in [0.05, 0.1) is 6.20 Å². The summed E-state index contributed by atoms with van der Waals surface area (Å²) >= 11 is 0. The van der Waals surface area contributed by atoms with Gasteiger partial charge in [-0.1, -0.05) is 6.58 Å². The van der Waals surface area contributed by atoms with Crippen LogP contribution in [0, 0.1) is 0 Å². The highest BCUT2D eigenvalue weighted by atomic mass is 15.1. The molecular formula is C5H5N3. The molecule has 1 aromatic rings. The van der Waals surface area contributed by atoms with Crippen LogP contribution in [0.4, 0.5) is 0 Å². The lowest BCUT2D eigenvalue weighted by atomic mass is 10.6. The second kappa shape index (κ2) is 2.16. The van der Waals surface area contributed by atoms with E-state index in [-0.39, 0.29) is 0 Å². The minimum absolute atomic E-state index is 0.563. The van der Waals surface area contributed by atoms with Gasteiger partial charge < -0.3 is 0 Å². The van der Waals surface area contributed by atoms with E-state index in [1.165, 1.54) is 6.20 Å². The number of nitrogens with zero attached hydrogens (tertiary/aromatic N) is 3. The molecule has 0 atom stereocenters. The molecule has 0 aliphatic rings. The molecule has 3 heteroatoms. The second-order valence-electron chi connectivity index (χ2n) is 1.21. The third kappa shape index (κ3) is 0.872. The molecule has 1 aromatic heterocycles. The Morgan fingerprint density at radius 2 is 2.38 bits per heavy atom. The van der Waals surface area contributed by atoms with Gasteiger partial charge >= 0.3 is 0 Å². The molecule has 0 radical (unpaired) electrons. The van der Waals surface area contributed by atoms with E-state index in [0.29, 0.717) is 5.82 Å². The van der Waals surface area contributed by atoms with Crippen molar-refractivity contribution in [3.63, 3.8) is 0 Å². The lowest BCUT2D eigenvalue weighted by Crippen LogP contribution is -1.86. The molecule has 0 aromatic carbocycles. The molecule has 40 valence electrons. The predicted octanol–water partition coefficient (Wildman–Crippen LogP) is 0.515. The summed E-state index contributed by atoms with van der Waals surface area (Å²) in [5.41, 5.74) is 0. The van der Waals surface area contributed by atoms with Crippen LogP contribution in [0.3, 0.4) is 0 Å². The zero-order valence-corrected chi connectivity index (χ0v) is 4.28. The summed E-state index contributed by atoms with van der Waals surface area (Å²) in [5.74, 6) is 0.563. The van der Waals surface area contributed by atoms with Gasteiger partial charge in [-0.2, -0.15) is 5.10 Å². The summed E-state index contributed by atoms with van der Waals surface area (Å²) in [6, 6.07) is 0. The van der Waals surface area contributed by atoms with Crippen LogP contribution in [0.2, 0.25) is 0 Å². The van der Waals surface area contributed by atoms with Crippen LogP contribution in [0.1, 0.15) is 5.82 Å². The Bertz CT molecular complexity index is 170. The molecule has 3 nitrogen and oxygen atoms in total. The molecule has 0 aliphatic carbocycles. The van der Waals surface area contributed by atoms with Gasteiger partial charge in [0.15, 0.2) is 5.82 Å². The Hall–Kier alpha value is -1.25. The van der Waals surface area contributed by atoms with Crippen molar-refractivity contribution in [3.8, 4) is 0 Å². The van der Waals surface area contributed by atoms with E-state index < -0.39 is 0 Å². The average Bonchev–Trinajstić information content (AvgIpc) is 1.90. The van der Waals surface area contributed by atoms with E-state index in [1.807, 2.05) is 0 Å². The zero-order valence-electron chi connectivity index (χ0n) is 4.28. The van der Waals surface area contributed by atoms with Crippen molar-refractivity contribution in [1.29, 1.82) is 0 Å². The SMILES string of the molecule is C=Cc1nccnn1. The summed E-state index contributed by atoms with van der Waals surface area (Å²) in [4.78, 5) is 3.81. The fourth-order valence-corrected chi connectivity index (χ4v) is 0.351. The van der Waals surface area contributed by atoms with Gasteiger partial charge in [0.1, 0.15) is 0 Å². The zero-order chi connectivity index (χ0) is 5.82. The highest BCUT2D eigenvalue weighted by Crippen LogP contribution is 1.82. The molecule has 0 saturated heterocycles. The Morgan fingerprint density at radius 1 is 1.50 bits per heavy atom. The number of hydrogen-bond acceptors (Lipinski definition) is 3. The van der Waals surface area contributed by atoms with Crippen LogP contribution >= 0.6 is 0 Å². The van der Waals surface area contributed by atoms with Crippen LogP contribution in [0.25, 0.3) is 6.08 Å². The Morgan fingerprint density at radius 3 is 2.75 bits per heavy atom. The molecule has 1 heterocycles. The van der Waals surface area contributed by atoms with Crippen molar-refractivity contribution in [2.24, 2.45) is 0 Å². The largest absolute Gasteiger partial charge is 0.234 e. The van der Waals surface area contributed by atoms with Gasteiger partial charge in [-0.3, -0.25) is 0 Å². The monoisotopic (exact) mass is 107 g/mol. The van der Waals surface area contributed by atoms with Crippen molar-refractivity contribution in [2.45, 2.75) is 0 Å². The van der Waals surface area contributed by atoms with Crippen molar-refractivity contribution < 1.29 is 0 Å². The van der Waals surface area contributed by atoms with Crippen molar-refractivity contribution >= 4 is 6.08 Å². The van der Waals surface area contributed by atoms with Crippen LogP contribution in [-0.2, 0) is 0 Å². The lowest BCUT2D eigenvalue weighted by molar-refractivity contribution is 0.951. The first-order valence-corrected chi connectivity index (χ1v) is 2.19. The molecular weight excluding hydrogens is 102 g/mol. The van der Waals surface area contributed by atoms with E-state index in [2.05, 4.69) is 21.8 Å². The highest BCUT2D eigenvalue weighted by Gasteiger charge is 1.80. The van der Waals surface area contributed by atoms with Gasteiger partial charge in [-0.15, -0.1) is 5.10 Å². The van der Waals surface area contributed by atoms with Crippen molar-refractivity contribution in [3.05, 3.63) is 24.8 Å². The Kier molecular flexibility index (Phi) is 1.32. The van der Waals surface area contributed by atoms with E-state index in [0.717, 1.165) is 0 Å². The first kappa shape index (κ1) is 4.90. The topological polar surface area (TPSA) is 38.7 Å². The van der Waals surface area contributed by atoms with Gasteiger partial charge in [0.25, 0.3) is 0 Å². The predicted molar refractivity (Wildman–Crippen MR) is 29.9 cm³/mol. The molecule has 0 unspecified atom stereocenters. The average molecular weight is 107 g/mol. The van der Waals surface area contributed by atoms with Crippen LogP contribution in [-0.4, -0.2) is 15.2 Å². The number of hydrogen-bond donors (Lipinski definition) is 0. The second-order valence-corrected chi connectivity index (χ2v) is 1.21. The Balaban J connectivity index is 2.99. The standard InChI is InChI=1S/C5H5N3/c1-2-5-6-3-4-7-8-5/h2-4H,1H2. The number of aromatic nitrogens is 3. The summed E-state index contributed by atoms with van der Waals surface area (Å²) in [6.07, 6.45) is 4.64. The lowest BCUT2D eigenvalue weighted by Gasteiger charge is -1.82. The van der Waals surface area contributed by atoms with Crippen molar-refractivity contribution in [2.75, 3.05) is 0 Å². The smallest absolute Gasteiger partial charge is 0.173 e. The van der Waals surface area contributed by atoms with Gasteiger partial charge in [0, 0.05) is 6.20 Å². The molecule has 0 saturated carbocycles. The first-order chi connectivity index (χ1) is 3.93. The molecule has 0 amide bonds. The molecule has 1 rings (SSSR count). The fourth-order valence-electron chi connectivity index (χ4n) is 0.351. The summed E-state index contributed by atoms with van der Waals surface area (Å²) in [7, 11) is 0. The fraction of sp³-hybridized carbons (Fsp3) is 0. The molecule has 0 spiro atoms.